The first-order chi connectivity index (χ1) is 11.0. The zero-order valence-electron chi connectivity index (χ0n) is 15.0. The number of halogens is 1. The van der Waals surface area contributed by atoms with Crippen LogP contribution < -0.4 is 10.2 Å². The highest BCUT2D eigenvalue weighted by Gasteiger charge is 2.39. The third kappa shape index (κ3) is 3.91. The second-order valence-electron chi connectivity index (χ2n) is 7.32. The minimum absolute atomic E-state index is 0.00589. The van der Waals surface area contributed by atoms with Crippen LogP contribution in [-0.4, -0.2) is 23.6 Å². The Morgan fingerprint density at radius 1 is 1.25 bits per heavy atom. The quantitative estimate of drug-likeness (QED) is 0.764. The van der Waals surface area contributed by atoms with Gasteiger partial charge < -0.3 is 15.0 Å². The van der Waals surface area contributed by atoms with Gasteiger partial charge >= 0.3 is 6.09 Å². The van der Waals surface area contributed by atoms with Gasteiger partial charge in [0, 0.05) is 29.0 Å². The van der Waals surface area contributed by atoms with Crippen molar-refractivity contribution < 1.29 is 14.3 Å². The summed E-state index contributed by atoms with van der Waals surface area (Å²) in [6.45, 7) is 11.1. The number of benzene rings is 1. The average Bonchev–Trinajstić information content (AvgIpc) is 2.42. The molecule has 0 spiro atoms. The number of amides is 2. The van der Waals surface area contributed by atoms with E-state index in [0.717, 1.165) is 15.7 Å². The summed E-state index contributed by atoms with van der Waals surface area (Å²) in [4.78, 5) is 26.2. The van der Waals surface area contributed by atoms with E-state index >= 15 is 0 Å². The second kappa shape index (κ2) is 6.75. The third-order valence-electron chi connectivity index (χ3n) is 4.29. The van der Waals surface area contributed by atoms with Gasteiger partial charge in [-0.1, -0.05) is 22.9 Å². The van der Waals surface area contributed by atoms with Crippen molar-refractivity contribution in [2.45, 2.75) is 59.2 Å². The maximum atomic E-state index is 12.3. The van der Waals surface area contributed by atoms with Crippen LogP contribution in [0.25, 0.3) is 0 Å². The number of carbonyl (C=O) groups is 2. The Morgan fingerprint density at radius 2 is 1.88 bits per heavy atom. The first-order valence-corrected chi connectivity index (χ1v) is 8.89. The molecule has 1 aliphatic heterocycles. The van der Waals surface area contributed by atoms with Crippen LogP contribution in [0.1, 0.15) is 53.1 Å². The lowest BCUT2D eigenvalue weighted by Crippen LogP contribution is -2.51. The van der Waals surface area contributed by atoms with Gasteiger partial charge in [0.2, 0.25) is 5.91 Å². The number of ether oxygens (including phenoxy) is 1. The van der Waals surface area contributed by atoms with Gasteiger partial charge in [0.1, 0.15) is 5.60 Å². The SMILES string of the molecule is CC(=O)N1c2ccc(Br)cc2C(NC(=O)OC(C)(C)C)C(C)[C@@H]1C. The maximum Gasteiger partial charge on any atom is 0.408 e. The van der Waals surface area contributed by atoms with Crippen LogP contribution in [0.3, 0.4) is 0 Å². The summed E-state index contributed by atoms with van der Waals surface area (Å²) in [6.07, 6.45) is -0.450. The van der Waals surface area contributed by atoms with E-state index in [4.69, 9.17) is 4.74 Å². The van der Waals surface area contributed by atoms with Gasteiger partial charge in [-0.15, -0.1) is 0 Å². The van der Waals surface area contributed by atoms with Crippen LogP contribution in [0.15, 0.2) is 22.7 Å². The zero-order valence-corrected chi connectivity index (χ0v) is 16.6. The zero-order chi connectivity index (χ0) is 18.2. The van der Waals surface area contributed by atoms with E-state index in [1.807, 2.05) is 52.8 Å². The van der Waals surface area contributed by atoms with Crippen molar-refractivity contribution in [2.75, 3.05) is 4.90 Å². The van der Waals surface area contributed by atoms with Gasteiger partial charge in [-0.3, -0.25) is 4.79 Å². The number of nitrogens with zero attached hydrogens (tertiary/aromatic N) is 1. The predicted molar refractivity (Wildman–Crippen MR) is 98.0 cm³/mol. The van der Waals surface area contributed by atoms with E-state index in [-0.39, 0.29) is 23.9 Å². The Morgan fingerprint density at radius 3 is 2.42 bits per heavy atom. The van der Waals surface area contributed by atoms with Crippen LogP contribution in [-0.2, 0) is 9.53 Å². The number of carbonyl (C=O) groups excluding carboxylic acids is 2. The van der Waals surface area contributed by atoms with Crippen molar-refractivity contribution in [1.82, 2.24) is 5.32 Å². The molecule has 1 aliphatic rings. The van der Waals surface area contributed by atoms with E-state index in [0.29, 0.717) is 0 Å². The number of nitrogens with one attached hydrogen (secondary N) is 1. The Balaban J connectivity index is 2.41. The molecule has 0 aliphatic carbocycles. The molecule has 0 bridgehead atoms. The molecule has 3 atom stereocenters. The predicted octanol–water partition coefficient (Wildman–Crippen LogP) is 4.41. The molecule has 2 amide bonds. The smallest absolute Gasteiger partial charge is 0.408 e. The minimum Gasteiger partial charge on any atom is -0.444 e. The fourth-order valence-corrected chi connectivity index (χ4v) is 3.49. The largest absolute Gasteiger partial charge is 0.444 e. The highest BCUT2D eigenvalue weighted by molar-refractivity contribution is 9.10. The lowest BCUT2D eigenvalue weighted by atomic mass is 9.83. The molecule has 0 saturated carbocycles. The summed E-state index contributed by atoms with van der Waals surface area (Å²) in [5.41, 5.74) is 1.19. The topological polar surface area (TPSA) is 58.6 Å². The monoisotopic (exact) mass is 396 g/mol. The van der Waals surface area contributed by atoms with Gasteiger partial charge in [0.05, 0.1) is 6.04 Å². The molecule has 1 N–H and O–H groups in total. The Bertz CT molecular complexity index is 654. The van der Waals surface area contributed by atoms with Crippen LogP contribution in [0.4, 0.5) is 10.5 Å². The maximum absolute atomic E-state index is 12.3. The molecule has 1 aromatic carbocycles. The van der Waals surface area contributed by atoms with Crippen LogP contribution in [0, 0.1) is 5.92 Å². The van der Waals surface area contributed by atoms with Crippen molar-refractivity contribution in [3.05, 3.63) is 28.2 Å². The van der Waals surface area contributed by atoms with Gasteiger partial charge in [0.15, 0.2) is 0 Å². The van der Waals surface area contributed by atoms with Crippen molar-refractivity contribution in [3.63, 3.8) is 0 Å². The van der Waals surface area contributed by atoms with Crippen LogP contribution in [0.5, 0.6) is 0 Å². The molecule has 24 heavy (non-hydrogen) atoms. The molecule has 0 fully saturated rings. The van der Waals surface area contributed by atoms with Gasteiger partial charge in [0.25, 0.3) is 0 Å². The molecule has 132 valence electrons. The molecule has 0 aromatic heterocycles. The number of hydrogen-bond donors (Lipinski definition) is 1. The normalized spacial score (nSPS) is 23.5. The molecule has 1 aromatic rings. The summed E-state index contributed by atoms with van der Waals surface area (Å²) in [6, 6.07) is 5.51. The average molecular weight is 397 g/mol. The van der Waals surface area contributed by atoms with E-state index in [2.05, 4.69) is 21.2 Å². The molecular weight excluding hydrogens is 372 g/mol. The highest BCUT2D eigenvalue weighted by Crippen LogP contribution is 2.42. The van der Waals surface area contributed by atoms with Crippen LogP contribution >= 0.6 is 15.9 Å². The molecule has 2 rings (SSSR count). The Kier molecular flexibility index (Phi) is 5.28. The molecule has 6 heteroatoms. The molecule has 0 saturated heterocycles. The van der Waals surface area contributed by atoms with Gasteiger partial charge in [-0.05, 0) is 51.5 Å². The van der Waals surface area contributed by atoms with Crippen molar-refractivity contribution in [3.8, 4) is 0 Å². The van der Waals surface area contributed by atoms with E-state index < -0.39 is 11.7 Å². The standard InChI is InChI=1S/C18H25BrN2O3/c1-10-11(2)21(12(3)22)15-8-7-13(19)9-14(15)16(10)20-17(23)24-18(4,5)6/h7-11,16H,1-6H3,(H,20,23)/t10?,11-,16?/m0/s1. The lowest BCUT2D eigenvalue weighted by molar-refractivity contribution is -0.117. The number of rotatable bonds is 1. The molecule has 5 nitrogen and oxygen atoms in total. The summed E-state index contributed by atoms with van der Waals surface area (Å²) in [7, 11) is 0. The molecule has 1 heterocycles. The lowest BCUT2D eigenvalue weighted by Gasteiger charge is -2.43. The van der Waals surface area contributed by atoms with Gasteiger partial charge in [-0.2, -0.15) is 0 Å². The van der Waals surface area contributed by atoms with E-state index in [1.165, 1.54) is 0 Å². The number of hydrogen-bond acceptors (Lipinski definition) is 3. The Labute approximate surface area is 151 Å². The van der Waals surface area contributed by atoms with Crippen molar-refractivity contribution in [1.29, 1.82) is 0 Å². The molecular formula is C18H25BrN2O3. The first-order valence-electron chi connectivity index (χ1n) is 8.10. The van der Waals surface area contributed by atoms with E-state index in [9.17, 15) is 9.59 Å². The van der Waals surface area contributed by atoms with Crippen molar-refractivity contribution in [2.24, 2.45) is 5.92 Å². The number of alkyl carbamates (subject to hydrolysis) is 1. The Hall–Kier alpha value is -1.56. The number of fused-ring (bicyclic) bond motifs is 1. The van der Waals surface area contributed by atoms with Crippen LogP contribution in [0.2, 0.25) is 0 Å². The first kappa shape index (κ1) is 18.8. The summed E-state index contributed by atoms with van der Waals surface area (Å²) < 4.78 is 6.31. The summed E-state index contributed by atoms with van der Waals surface area (Å²) in [5, 5.41) is 2.98. The molecule has 0 radical (unpaired) electrons. The minimum atomic E-state index is -0.556. The summed E-state index contributed by atoms with van der Waals surface area (Å²) >= 11 is 3.48. The van der Waals surface area contributed by atoms with Gasteiger partial charge in [-0.25, -0.2) is 4.79 Å². The highest BCUT2D eigenvalue weighted by atomic mass is 79.9. The third-order valence-corrected chi connectivity index (χ3v) is 4.78. The fourth-order valence-electron chi connectivity index (χ4n) is 3.11. The fraction of sp³-hybridized carbons (Fsp3) is 0.556. The number of anilines is 1. The molecule has 2 unspecified atom stereocenters. The van der Waals surface area contributed by atoms with E-state index in [1.54, 1.807) is 11.8 Å². The second-order valence-corrected chi connectivity index (χ2v) is 8.23. The van der Waals surface area contributed by atoms with Crippen molar-refractivity contribution >= 4 is 33.6 Å². The summed E-state index contributed by atoms with van der Waals surface area (Å²) in [5.74, 6) is 0.0388.